The minimum absolute atomic E-state index is 0.0315. The molecule has 1 atom stereocenters. The Morgan fingerprint density at radius 2 is 1.87 bits per heavy atom. The van der Waals surface area contributed by atoms with Gasteiger partial charge in [-0.2, -0.15) is 0 Å². The number of ether oxygens (including phenoxy) is 1. The summed E-state index contributed by atoms with van der Waals surface area (Å²) >= 11 is 6.19. The van der Waals surface area contributed by atoms with E-state index in [9.17, 15) is 14.7 Å². The molecule has 1 saturated heterocycles. The molecular formula is C30H27ClN2O6. The second kappa shape index (κ2) is 10.3. The molecule has 4 aromatic rings. The van der Waals surface area contributed by atoms with E-state index in [2.05, 4.69) is 17.0 Å². The molecule has 8 nitrogen and oxygen atoms in total. The van der Waals surface area contributed by atoms with Crippen molar-refractivity contribution in [3.63, 3.8) is 0 Å². The molecule has 2 aromatic heterocycles. The SMILES string of the molecule is COc1cc(Cl)cc2cc(C(=O)C3=C(O)C(=O)N(C4CCN(Cc5ccccc5)CC4)C3c3ccco3)oc12. The number of piperidine rings is 1. The van der Waals surface area contributed by atoms with Crippen LogP contribution < -0.4 is 4.74 Å². The maximum absolute atomic E-state index is 13.8. The molecule has 9 heteroatoms. The largest absolute Gasteiger partial charge is 0.503 e. The number of hydrogen-bond acceptors (Lipinski definition) is 7. The quantitative estimate of drug-likeness (QED) is 0.287. The van der Waals surface area contributed by atoms with E-state index in [1.165, 1.54) is 18.9 Å². The summed E-state index contributed by atoms with van der Waals surface area (Å²) in [5.41, 5.74) is 1.52. The van der Waals surface area contributed by atoms with E-state index in [0.717, 1.165) is 19.6 Å². The summed E-state index contributed by atoms with van der Waals surface area (Å²) in [7, 11) is 1.48. The molecule has 6 rings (SSSR count). The highest BCUT2D eigenvalue weighted by molar-refractivity contribution is 6.31. The average molecular weight is 547 g/mol. The standard InChI is InChI=1S/C30H27ClN2O6/c1-37-24-16-20(31)14-19-15-23(39-29(19)24)27(34)25-26(22-8-5-13-38-22)33(30(36)28(25)35)21-9-11-32(12-10-21)17-18-6-3-2-4-7-18/h2-8,13-16,21,26,35H,9-12,17H2,1H3. The molecule has 2 aliphatic heterocycles. The number of rotatable bonds is 7. The van der Waals surface area contributed by atoms with Crippen LogP contribution >= 0.6 is 11.6 Å². The van der Waals surface area contributed by atoms with Gasteiger partial charge in [-0.05, 0) is 42.7 Å². The first-order valence-electron chi connectivity index (χ1n) is 12.8. The van der Waals surface area contributed by atoms with Gasteiger partial charge in [-0.3, -0.25) is 14.5 Å². The molecule has 200 valence electrons. The number of carbonyl (C=O) groups is 2. The van der Waals surface area contributed by atoms with Gasteiger partial charge in [0, 0.05) is 42.2 Å². The number of aliphatic hydroxyl groups is 1. The van der Waals surface area contributed by atoms with Crippen LogP contribution in [0.25, 0.3) is 11.0 Å². The molecule has 0 saturated carbocycles. The maximum Gasteiger partial charge on any atom is 0.290 e. The highest BCUT2D eigenvalue weighted by Crippen LogP contribution is 2.43. The number of fused-ring (bicyclic) bond motifs is 1. The number of furan rings is 2. The second-order valence-electron chi connectivity index (χ2n) is 9.85. The molecule has 4 heterocycles. The van der Waals surface area contributed by atoms with Crippen LogP contribution in [0.4, 0.5) is 0 Å². The third-order valence-electron chi connectivity index (χ3n) is 7.49. The van der Waals surface area contributed by atoms with Gasteiger partial charge < -0.3 is 23.6 Å². The highest BCUT2D eigenvalue weighted by Gasteiger charge is 2.49. The van der Waals surface area contributed by atoms with E-state index in [1.54, 1.807) is 35.2 Å². The number of Topliss-reactive ketones (excluding diaryl/α,β-unsaturated/α-hetero) is 1. The number of ketones is 1. The topological polar surface area (TPSA) is 96.4 Å². The number of likely N-dealkylation sites (tertiary alicyclic amines) is 1. The Hall–Kier alpha value is -4.01. The maximum atomic E-state index is 13.8. The molecule has 0 radical (unpaired) electrons. The molecule has 1 amide bonds. The van der Waals surface area contributed by atoms with Crippen molar-refractivity contribution in [2.24, 2.45) is 0 Å². The number of methoxy groups -OCH3 is 1. The fourth-order valence-electron chi connectivity index (χ4n) is 5.64. The van der Waals surface area contributed by atoms with Crippen molar-refractivity contribution >= 4 is 34.3 Å². The number of halogens is 1. The van der Waals surface area contributed by atoms with Gasteiger partial charge in [-0.25, -0.2) is 0 Å². The lowest BCUT2D eigenvalue weighted by molar-refractivity contribution is -0.133. The normalized spacial score (nSPS) is 18.9. The fraction of sp³-hybridized carbons (Fsp3) is 0.267. The molecule has 39 heavy (non-hydrogen) atoms. The van der Waals surface area contributed by atoms with Gasteiger partial charge in [0.1, 0.15) is 11.8 Å². The van der Waals surface area contributed by atoms with Gasteiger partial charge in [0.15, 0.2) is 22.9 Å². The first kappa shape index (κ1) is 25.3. The van der Waals surface area contributed by atoms with Crippen LogP contribution in [0.5, 0.6) is 5.75 Å². The first-order chi connectivity index (χ1) is 18.9. The minimum Gasteiger partial charge on any atom is -0.503 e. The molecule has 0 spiro atoms. The Morgan fingerprint density at radius 1 is 1.10 bits per heavy atom. The Bertz CT molecular complexity index is 1550. The van der Waals surface area contributed by atoms with Crippen LogP contribution in [0, 0.1) is 0 Å². The molecule has 1 fully saturated rings. The van der Waals surface area contributed by atoms with E-state index < -0.39 is 23.5 Å². The third kappa shape index (κ3) is 4.60. The van der Waals surface area contributed by atoms with Crippen molar-refractivity contribution in [1.29, 1.82) is 0 Å². The van der Waals surface area contributed by atoms with Gasteiger partial charge in [-0.15, -0.1) is 0 Å². The zero-order valence-corrected chi connectivity index (χ0v) is 22.1. The van der Waals surface area contributed by atoms with Crippen molar-refractivity contribution < 1.29 is 28.3 Å². The molecule has 1 N–H and O–H groups in total. The van der Waals surface area contributed by atoms with E-state index in [0.29, 0.717) is 40.3 Å². The van der Waals surface area contributed by atoms with E-state index >= 15 is 0 Å². The summed E-state index contributed by atoms with van der Waals surface area (Å²) in [4.78, 5) is 31.3. The Balaban J connectivity index is 1.29. The van der Waals surface area contributed by atoms with Crippen molar-refractivity contribution in [3.8, 4) is 5.75 Å². The molecule has 0 bridgehead atoms. The number of carbonyl (C=O) groups excluding carboxylic acids is 2. The molecule has 2 aromatic carbocycles. The second-order valence-corrected chi connectivity index (χ2v) is 10.3. The molecule has 0 aliphatic carbocycles. The van der Waals surface area contributed by atoms with E-state index in [-0.39, 0.29) is 17.4 Å². The summed E-state index contributed by atoms with van der Waals surface area (Å²) in [6.07, 6.45) is 2.89. The summed E-state index contributed by atoms with van der Waals surface area (Å²) in [6.45, 7) is 2.39. The summed E-state index contributed by atoms with van der Waals surface area (Å²) in [6, 6.07) is 17.4. The van der Waals surface area contributed by atoms with Gasteiger partial charge in [0.2, 0.25) is 5.78 Å². The van der Waals surface area contributed by atoms with Crippen LogP contribution in [-0.4, -0.2) is 52.8 Å². The zero-order chi connectivity index (χ0) is 27.1. The van der Waals surface area contributed by atoms with Crippen LogP contribution in [0.2, 0.25) is 5.02 Å². The molecule has 2 aliphatic rings. The summed E-state index contributed by atoms with van der Waals surface area (Å²) in [5, 5.41) is 12.1. The summed E-state index contributed by atoms with van der Waals surface area (Å²) < 4.78 is 16.9. The third-order valence-corrected chi connectivity index (χ3v) is 7.71. The first-order valence-corrected chi connectivity index (χ1v) is 13.2. The predicted octanol–water partition coefficient (Wildman–Crippen LogP) is 5.93. The fourth-order valence-corrected chi connectivity index (χ4v) is 5.85. The van der Waals surface area contributed by atoms with Gasteiger partial charge in [-0.1, -0.05) is 41.9 Å². The monoisotopic (exact) mass is 546 g/mol. The van der Waals surface area contributed by atoms with Crippen LogP contribution in [0.1, 0.15) is 40.8 Å². The number of amides is 1. The lowest BCUT2D eigenvalue weighted by Crippen LogP contribution is -2.47. The van der Waals surface area contributed by atoms with Gasteiger partial charge in [0.25, 0.3) is 5.91 Å². The van der Waals surface area contributed by atoms with Crippen molar-refractivity contribution in [2.45, 2.75) is 31.5 Å². The lowest BCUT2D eigenvalue weighted by Gasteiger charge is -2.39. The van der Waals surface area contributed by atoms with Crippen LogP contribution in [0.3, 0.4) is 0 Å². The van der Waals surface area contributed by atoms with Crippen LogP contribution in [0.15, 0.2) is 87.1 Å². The lowest BCUT2D eigenvalue weighted by atomic mass is 9.96. The van der Waals surface area contributed by atoms with Crippen molar-refractivity contribution in [2.75, 3.05) is 20.2 Å². The average Bonchev–Trinajstić information content (AvgIpc) is 3.68. The number of aliphatic hydroxyl groups excluding tert-OH is 1. The van der Waals surface area contributed by atoms with Crippen molar-refractivity contribution in [1.82, 2.24) is 9.80 Å². The van der Waals surface area contributed by atoms with Gasteiger partial charge in [0.05, 0.1) is 18.9 Å². The van der Waals surface area contributed by atoms with Crippen LogP contribution in [-0.2, 0) is 11.3 Å². The highest BCUT2D eigenvalue weighted by atomic mass is 35.5. The van der Waals surface area contributed by atoms with E-state index in [4.69, 9.17) is 25.2 Å². The summed E-state index contributed by atoms with van der Waals surface area (Å²) in [5.74, 6) is -1.02. The van der Waals surface area contributed by atoms with E-state index in [1.807, 2.05) is 18.2 Å². The van der Waals surface area contributed by atoms with Crippen molar-refractivity contribution in [3.05, 3.63) is 100 Å². The Labute approximate surface area is 230 Å². The minimum atomic E-state index is -0.871. The predicted molar refractivity (Wildman–Crippen MR) is 145 cm³/mol. The molecular weight excluding hydrogens is 520 g/mol. The van der Waals surface area contributed by atoms with Gasteiger partial charge >= 0.3 is 0 Å². The number of nitrogens with zero attached hydrogens (tertiary/aromatic N) is 2. The Kier molecular flexibility index (Phi) is 6.66. The number of hydrogen-bond donors (Lipinski definition) is 1. The smallest absolute Gasteiger partial charge is 0.290 e. The number of benzene rings is 2. The Morgan fingerprint density at radius 3 is 2.56 bits per heavy atom. The molecule has 1 unspecified atom stereocenters. The zero-order valence-electron chi connectivity index (χ0n) is 21.3.